The zero-order valence-corrected chi connectivity index (χ0v) is 27.2. The Labute approximate surface area is 275 Å². The van der Waals surface area contributed by atoms with Crippen molar-refractivity contribution in [3.63, 3.8) is 0 Å². The average Bonchev–Trinajstić information content (AvgIpc) is 3.05. The van der Waals surface area contributed by atoms with Gasteiger partial charge in [0.2, 0.25) is 12.5 Å². The summed E-state index contributed by atoms with van der Waals surface area (Å²) in [6.45, 7) is 17.2. The summed E-state index contributed by atoms with van der Waals surface area (Å²) in [5.74, 6) is 0.659. The van der Waals surface area contributed by atoms with Crippen LogP contribution in [-0.2, 0) is 27.2 Å². The van der Waals surface area contributed by atoms with Crippen molar-refractivity contribution in [2.24, 2.45) is 0 Å². The summed E-state index contributed by atoms with van der Waals surface area (Å²) in [4.78, 5) is 34.6. The minimum Gasteiger partial charge on any atom is -0.462 e. The Morgan fingerprint density at radius 3 is 2.74 bits per heavy atom. The predicted molar refractivity (Wildman–Crippen MR) is 179 cm³/mol. The lowest BCUT2D eigenvalue weighted by Crippen LogP contribution is -2.64. The molecule has 0 bridgehead atoms. The number of halogens is 1. The molecule has 3 aliphatic heterocycles. The first-order valence-corrected chi connectivity index (χ1v) is 16.0. The lowest BCUT2D eigenvalue weighted by atomic mass is 9.97. The summed E-state index contributed by atoms with van der Waals surface area (Å²) in [7, 11) is 3.76. The molecule has 2 aromatic carbocycles. The molecule has 242 valence electrons. The maximum absolute atomic E-state index is 12.6. The number of methoxy groups -OCH3 is 1. The largest absolute Gasteiger partial charge is 0.462 e. The van der Waals surface area contributed by atoms with E-state index in [1.54, 1.807) is 12.0 Å². The van der Waals surface area contributed by atoms with Gasteiger partial charge in [-0.1, -0.05) is 42.4 Å². The van der Waals surface area contributed by atoms with Crippen molar-refractivity contribution in [2.45, 2.75) is 24.5 Å². The summed E-state index contributed by atoms with van der Waals surface area (Å²) in [5.41, 5.74) is 2.89. The van der Waals surface area contributed by atoms with Crippen LogP contribution < -0.4 is 14.5 Å². The van der Waals surface area contributed by atoms with E-state index < -0.39 is 0 Å². The van der Waals surface area contributed by atoms with Crippen LogP contribution in [0.1, 0.15) is 11.3 Å². The molecule has 6 rings (SSSR count). The average molecular weight is 646 g/mol. The third kappa shape index (κ3) is 6.22. The first kappa shape index (κ1) is 32.0. The molecule has 11 nitrogen and oxygen atoms in total. The number of aromatic nitrogens is 2. The van der Waals surface area contributed by atoms with E-state index in [2.05, 4.69) is 57.4 Å². The highest BCUT2D eigenvalue weighted by Crippen LogP contribution is 2.37. The van der Waals surface area contributed by atoms with Crippen LogP contribution in [0.4, 0.5) is 11.5 Å². The summed E-state index contributed by atoms with van der Waals surface area (Å²) < 4.78 is 17.2. The third-order valence-corrected chi connectivity index (χ3v) is 9.67. The Balaban J connectivity index is 1.29. The van der Waals surface area contributed by atoms with Gasteiger partial charge in [-0.15, -0.1) is 0 Å². The zero-order chi connectivity index (χ0) is 32.3. The first-order chi connectivity index (χ1) is 22.4. The molecule has 1 atom stereocenters. The number of carbonyl (C=O) groups excluding carboxylic acids is 1. The van der Waals surface area contributed by atoms with Gasteiger partial charge in [0.1, 0.15) is 18.5 Å². The van der Waals surface area contributed by atoms with Gasteiger partial charge in [-0.2, -0.15) is 9.97 Å². The third-order valence-electron chi connectivity index (χ3n) is 9.36. The van der Waals surface area contributed by atoms with Crippen molar-refractivity contribution in [3.8, 4) is 6.01 Å². The van der Waals surface area contributed by atoms with Crippen molar-refractivity contribution in [3.05, 3.63) is 76.8 Å². The van der Waals surface area contributed by atoms with Gasteiger partial charge in [0, 0.05) is 56.5 Å². The second-order valence-corrected chi connectivity index (χ2v) is 12.5. The highest BCUT2D eigenvalue weighted by Gasteiger charge is 2.42. The molecule has 1 amide bonds. The fraction of sp³-hybridized carbons (Fsp3) is 0.471. The minimum atomic E-state index is -0.264. The lowest BCUT2D eigenvalue weighted by molar-refractivity contribution is -0.159. The van der Waals surface area contributed by atoms with Crippen LogP contribution in [0.5, 0.6) is 6.01 Å². The molecule has 3 aromatic rings. The second kappa shape index (κ2) is 13.8. The second-order valence-electron chi connectivity index (χ2n) is 12.1. The molecule has 0 unspecified atom stereocenters. The van der Waals surface area contributed by atoms with E-state index >= 15 is 0 Å². The standard InChI is InChI=1S/C34H40ClN7O4/c1-5-30(43)42-15-14-41(19-25(42)18-36-2)32-26-12-13-40(29-11-7-9-24-8-6-10-27(35)31(24)29)20-28(26)37-33(38-32)46-17-16-39(3)34(21-44-4)22-45-23-34/h5-11,25H,1,12-23H2,3-4H3/t25-/m0/s1. The molecule has 2 fully saturated rings. The van der Waals surface area contributed by atoms with Gasteiger partial charge in [-0.25, -0.2) is 6.57 Å². The molecule has 3 aliphatic rings. The summed E-state index contributed by atoms with van der Waals surface area (Å²) in [6, 6.07) is 12.3. The Morgan fingerprint density at radius 1 is 1.22 bits per heavy atom. The van der Waals surface area contributed by atoms with E-state index in [9.17, 15) is 4.79 Å². The zero-order valence-electron chi connectivity index (χ0n) is 26.5. The van der Waals surface area contributed by atoms with E-state index in [1.165, 1.54) is 6.08 Å². The van der Waals surface area contributed by atoms with Crippen molar-refractivity contribution >= 4 is 39.8 Å². The molecular formula is C34H40ClN7O4. The number of rotatable bonds is 11. The number of nitrogens with zero attached hydrogens (tertiary/aromatic N) is 7. The maximum Gasteiger partial charge on any atom is 0.318 e. The molecule has 1 aromatic heterocycles. The molecule has 2 saturated heterocycles. The molecule has 12 heteroatoms. The monoisotopic (exact) mass is 645 g/mol. The Hall–Kier alpha value is -3.95. The van der Waals surface area contributed by atoms with Gasteiger partial charge in [0.15, 0.2) is 0 Å². The van der Waals surface area contributed by atoms with Crippen LogP contribution in [0, 0.1) is 6.57 Å². The SMILES string of the molecule is [C-]#[N+]C[C@H]1CN(c2nc(OCCN(C)C3(COC)COC3)nc3c2CCN(c2cccc4cccc(Cl)c24)C3)CCN1C(=O)C=C. The number of amides is 1. The summed E-state index contributed by atoms with van der Waals surface area (Å²) in [5, 5.41) is 2.84. The molecule has 0 spiro atoms. The van der Waals surface area contributed by atoms with E-state index in [0.717, 1.165) is 51.5 Å². The van der Waals surface area contributed by atoms with E-state index in [4.69, 9.17) is 42.4 Å². The van der Waals surface area contributed by atoms with Crippen LogP contribution in [0.3, 0.4) is 0 Å². The van der Waals surface area contributed by atoms with Crippen molar-refractivity contribution < 1.29 is 19.0 Å². The first-order valence-electron chi connectivity index (χ1n) is 15.6. The number of anilines is 2. The van der Waals surface area contributed by atoms with Gasteiger partial charge in [-0.05, 0) is 37.1 Å². The van der Waals surface area contributed by atoms with Crippen LogP contribution >= 0.6 is 11.6 Å². The number of hydrogen-bond acceptors (Lipinski definition) is 9. The minimum absolute atomic E-state index is 0.152. The number of likely N-dealkylation sites (N-methyl/N-ethyl adjacent to an activating group) is 1. The Morgan fingerprint density at radius 2 is 2.02 bits per heavy atom. The van der Waals surface area contributed by atoms with Gasteiger partial charge < -0.3 is 33.8 Å². The number of piperazine rings is 1. The van der Waals surface area contributed by atoms with Crippen LogP contribution in [-0.4, -0.2) is 117 Å². The molecule has 46 heavy (non-hydrogen) atoms. The molecular weight excluding hydrogens is 606 g/mol. The number of ether oxygens (including phenoxy) is 3. The summed E-state index contributed by atoms with van der Waals surface area (Å²) in [6.07, 6.45) is 2.05. The predicted octanol–water partition coefficient (Wildman–Crippen LogP) is 3.69. The molecule has 0 aliphatic carbocycles. The fourth-order valence-electron chi connectivity index (χ4n) is 6.71. The van der Waals surface area contributed by atoms with E-state index in [1.807, 2.05) is 12.1 Å². The molecule has 0 N–H and O–H groups in total. The van der Waals surface area contributed by atoms with E-state index in [-0.39, 0.29) is 24.0 Å². The summed E-state index contributed by atoms with van der Waals surface area (Å²) >= 11 is 6.71. The Bertz CT molecular complexity index is 1640. The highest BCUT2D eigenvalue weighted by atomic mass is 35.5. The quantitative estimate of drug-likeness (QED) is 0.229. The van der Waals surface area contributed by atoms with Crippen molar-refractivity contribution in [1.82, 2.24) is 19.8 Å². The van der Waals surface area contributed by atoms with Crippen LogP contribution in [0.2, 0.25) is 5.02 Å². The smallest absolute Gasteiger partial charge is 0.318 e. The van der Waals surface area contributed by atoms with Gasteiger partial charge >= 0.3 is 6.01 Å². The van der Waals surface area contributed by atoms with Gasteiger partial charge in [0.05, 0.1) is 42.6 Å². The Kier molecular flexibility index (Phi) is 9.61. The van der Waals surface area contributed by atoms with Crippen molar-refractivity contribution in [2.75, 3.05) is 89.7 Å². The fourth-order valence-corrected chi connectivity index (χ4v) is 6.99. The highest BCUT2D eigenvalue weighted by molar-refractivity contribution is 6.36. The van der Waals surface area contributed by atoms with Crippen LogP contribution in [0.25, 0.3) is 15.6 Å². The topological polar surface area (TPSA) is 87.9 Å². The number of fused-ring (bicyclic) bond motifs is 2. The lowest BCUT2D eigenvalue weighted by Gasteiger charge is -2.47. The maximum atomic E-state index is 12.6. The number of benzene rings is 2. The van der Waals surface area contributed by atoms with E-state index in [0.29, 0.717) is 65.2 Å². The van der Waals surface area contributed by atoms with Gasteiger partial charge in [0.25, 0.3) is 0 Å². The van der Waals surface area contributed by atoms with Crippen LogP contribution in [0.15, 0.2) is 49.1 Å². The molecule has 0 saturated carbocycles. The van der Waals surface area contributed by atoms with Gasteiger partial charge in [-0.3, -0.25) is 9.69 Å². The molecule has 0 radical (unpaired) electrons. The number of hydrogen-bond donors (Lipinski definition) is 0. The normalized spacial score (nSPS) is 19.0. The number of carbonyl (C=O) groups is 1. The molecule has 4 heterocycles. The van der Waals surface area contributed by atoms with Crippen molar-refractivity contribution in [1.29, 1.82) is 0 Å².